The number of benzene rings is 2. The second-order valence-corrected chi connectivity index (χ2v) is 7.39. The Morgan fingerprint density at radius 3 is 1.96 bits per heavy atom. The third kappa shape index (κ3) is 2.33. The Balaban J connectivity index is 1.82. The van der Waals surface area contributed by atoms with Crippen LogP contribution in [0.5, 0.6) is 0 Å². The van der Waals surface area contributed by atoms with Crippen molar-refractivity contribution in [1.29, 1.82) is 0 Å². The van der Waals surface area contributed by atoms with Crippen molar-refractivity contribution in [2.24, 2.45) is 5.92 Å². The molecular weight excluding hydrogens is 280 g/mol. The first-order valence-corrected chi connectivity index (χ1v) is 9.07. The summed E-state index contributed by atoms with van der Waals surface area (Å²) < 4.78 is 6.83. The predicted octanol–water partition coefficient (Wildman–Crippen LogP) is 5.69. The molecule has 1 aliphatic carbocycles. The van der Waals surface area contributed by atoms with E-state index in [9.17, 15) is 0 Å². The lowest BCUT2D eigenvalue weighted by Crippen LogP contribution is -2.65. The van der Waals surface area contributed by atoms with E-state index in [2.05, 4.69) is 67.6 Å². The van der Waals surface area contributed by atoms with E-state index in [0.29, 0.717) is 5.92 Å². The van der Waals surface area contributed by atoms with E-state index in [1.807, 2.05) is 0 Å². The third-order valence-electron chi connectivity index (χ3n) is 5.94. The molecule has 0 spiro atoms. The Kier molecular flexibility index (Phi) is 3.77. The van der Waals surface area contributed by atoms with Crippen LogP contribution in [0.3, 0.4) is 0 Å². The van der Waals surface area contributed by atoms with Gasteiger partial charge in [-0.3, -0.25) is 0 Å². The van der Waals surface area contributed by atoms with Gasteiger partial charge in [-0.15, -0.1) is 0 Å². The largest absolute Gasteiger partial charge is 0.359 e. The molecule has 1 aliphatic heterocycles. The molecule has 0 radical (unpaired) electrons. The van der Waals surface area contributed by atoms with Gasteiger partial charge in [-0.25, -0.2) is 0 Å². The highest BCUT2D eigenvalue weighted by atomic mass is 16.6. The normalized spacial score (nSPS) is 29.7. The summed E-state index contributed by atoms with van der Waals surface area (Å²) in [5, 5.41) is 0. The second kappa shape index (κ2) is 5.79. The molecular formula is C22H26O. The molecule has 2 aromatic rings. The molecule has 0 N–H and O–H groups in total. The summed E-state index contributed by atoms with van der Waals surface area (Å²) in [6, 6.07) is 21.7. The molecule has 120 valence electrons. The first-order valence-electron chi connectivity index (χ1n) is 9.07. The maximum Gasteiger partial charge on any atom is 0.124 e. The maximum atomic E-state index is 6.83. The maximum absolute atomic E-state index is 6.83. The van der Waals surface area contributed by atoms with Crippen molar-refractivity contribution in [3.63, 3.8) is 0 Å². The quantitative estimate of drug-likeness (QED) is 0.692. The monoisotopic (exact) mass is 306 g/mol. The van der Waals surface area contributed by atoms with Gasteiger partial charge in [-0.2, -0.15) is 0 Å². The number of hydrogen-bond donors (Lipinski definition) is 0. The summed E-state index contributed by atoms with van der Waals surface area (Å²) in [6.07, 6.45) is 7.80. The zero-order valence-electron chi connectivity index (χ0n) is 14.0. The SMILES string of the molecule is C[C@]12CCCCCC[C@@H]1C(c1ccccc1)(c1ccccc1)O2. The summed E-state index contributed by atoms with van der Waals surface area (Å²) in [7, 11) is 0. The molecule has 2 atom stereocenters. The standard InChI is InChI=1S/C22H26O/c1-21-17-11-3-2-10-16-20(21)22(23-21,18-12-6-4-7-13-18)19-14-8-5-9-15-19/h4-9,12-15,20H,2-3,10-11,16-17H2,1H3/t20-,21-/m0/s1. The molecule has 1 saturated carbocycles. The minimum atomic E-state index is -0.255. The van der Waals surface area contributed by atoms with Crippen molar-refractivity contribution < 1.29 is 4.74 Å². The van der Waals surface area contributed by atoms with Gasteiger partial charge in [0.25, 0.3) is 0 Å². The first kappa shape index (κ1) is 15.0. The molecule has 1 saturated heterocycles. The van der Waals surface area contributed by atoms with Crippen molar-refractivity contribution in [3.05, 3.63) is 71.8 Å². The van der Waals surface area contributed by atoms with Crippen LogP contribution in [0.2, 0.25) is 0 Å². The van der Waals surface area contributed by atoms with Gasteiger partial charge in [-0.05, 0) is 30.9 Å². The summed E-state index contributed by atoms with van der Waals surface area (Å²) >= 11 is 0. The minimum absolute atomic E-state index is 0.0338. The summed E-state index contributed by atoms with van der Waals surface area (Å²) in [6.45, 7) is 2.34. The van der Waals surface area contributed by atoms with Gasteiger partial charge >= 0.3 is 0 Å². The highest BCUT2D eigenvalue weighted by Gasteiger charge is 2.63. The van der Waals surface area contributed by atoms with E-state index in [1.54, 1.807) is 0 Å². The molecule has 2 aromatic carbocycles. The zero-order chi connectivity index (χ0) is 15.8. The molecule has 4 rings (SSSR count). The van der Waals surface area contributed by atoms with E-state index in [-0.39, 0.29) is 11.2 Å². The summed E-state index contributed by atoms with van der Waals surface area (Å²) in [5.74, 6) is 0.570. The van der Waals surface area contributed by atoms with Crippen LogP contribution in [-0.2, 0) is 10.3 Å². The van der Waals surface area contributed by atoms with Crippen LogP contribution in [0.4, 0.5) is 0 Å². The van der Waals surface area contributed by atoms with Crippen LogP contribution in [0.1, 0.15) is 56.6 Å². The predicted molar refractivity (Wildman–Crippen MR) is 94.3 cm³/mol. The van der Waals surface area contributed by atoms with E-state index >= 15 is 0 Å². The highest BCUT2D eigenvalue weighted by molar-refractivity contribution is 5.41. The Hall–Kier alpha value is -1.60. The fourth-order valence-electron chi connectivity index (χ4n) is 4.85. The zero-order valence-corrected chi connectivity index (χ0v) is 14.0. The molecule has 2 aliphatic rings. The van der Waals surface area contributed by atoms with E-state index in [0.717, 1.165) is 0 Å². The third-order valence-corrected chi connectivity index (χ3v) is 5.94. The average Bonchev–Trinajstić information content (AvgIpc) is 2.59. The van der Waals surface area contributed by atoms with Gasteiger partial charge in [0, 0.05) is 5.92 Å². The van der Waals surface area contributed by atoms with Crippen molar-refractivity contribution in [1.82, 2.24) is 0 Å². The average molecular weight is 306 g/mol. The first-order chi connectivity index (χ1) is 11.3. The topological polar surface area (TPSA) is 9.23 Å². The molecule has 2 fully saturated rings. The van der Waals surface area contributed by atoms with Crippen LogP contribution in [0, 0.1) is 5.92 Å². The Labute approximate surface area is 139 Å². The fourth-order valence-corrected chi connectivity index (χ4v) is 4.85. The number of rotatable bonds is 2. The van der Waals surface area contributed by atoms with Crippen molar-refractivity contribution in [3.8, 4) is 0 Å². The Morgan fingerprint density at radius 2 is 1.35 bits per heavy atom. The molecule has 0 aromatic heterocycles. The van der Waals surface area contributed by atoms with Crippen LogP contribution in [-0.4, -0.2) is 5.60 Å². The van der Waals surface area contributed by atoms with E-state index in [4.69, 9.17) is 4.74 Å². The number of fused-ring (bicyclic) bond motifs is 1. The van der Waals surface area contributed by atoms with E-state index < -0.39 is 0 Å². The molecule has 0 unspecified atom stereocenters. The molecule has 23 heavy (non-hydrogen) atoms. The van der Waals surface area contributed by atoms with Crippen LogP contribution < -0.4 is 0 Å². The Morgan fingerprint density at radius 1 is 0.783 bits per heavy atom. The van der Waals surface area contributed by atoms with Gasteiger partial charge in [0.15, 0.2) is 0 Å². The van der Waals surface area contributed by atoms with Crippen molar-refractivity contribution in [2.45, 2.75) is 56.7 Å². The number of ether oxygens (including phenoxy) is 1. The lowest BCUT2D eigenvalue weighted by Gasteiger charge is -2.63. The van der Waals surface area contributed by atoms with Gasteiger partial charge in [0.2, 0.25) is 0 Å². The molecule has 0 amide bonds. The lowest BCUT2D eigenvalue weighted by molar-refractivity contribution is -0.313. The Bertz CT molecular complexity index is 609. The molecule has 1 heterocycles. The lowest BCUT2D eigenvalue weighted by atomic mass is 9.59. The van der Waals surface area contributed by atoms with Crippen molar-refractivity contribution in [2.75, 3.05) is 0 Å². The molecule has 1 heteroatoms. The van der Waals surface area contributed by atoms with E-state index in [1.165, 1.54) is 49.7 Å². The second-order valence-electron chi connectivity index (χ2n) is 7.39. The van der Waals surface area contributed by atoms with Crippen LogP contribution >= 0.6 is 0 Å². The van der Waals surface area contributed by atoms with Gasteiger partial charge in [0.05, 0.1) is 5.60 Å². The molecule has 0 bridgehead atoms. The number of hydrogen-bond acceptors (Lipinski definition) is 1. The van der Waals surface area contributed by atoms with Crippen LogP contribution in [0.25, 0.3) is 0 Å². The summed E-state index contributed by atoms with van der Waals surface area (Å²) in [5.41, 5.74) is 2.41. The smallest absolute Gasteiger partial charge is 0.124 e. The van der Waals surface area contributed by atoms with Crippen molar-refractivity contribution >= 4 is 0 Å². The summed E-state index contributed by atoms with van der Waals surface area (Å²) in [4.78, 5) is 0. The highest BCUT2D eigenvalue weighted by Crippen LogP contribution is 2.61. The van der Waals surface area contributed by atoms with Crippen LogP contribution in [0.15, 0.2) is 60.7 Å². The van der Waals surface area contributed by atoms with Gasteiger partial charge in [0.1, 0.15) is 5.60 Å². The minimum Gasteiger partial charge on any atom is -0.359 e. The molecule has 1 nitrogen and oxygen atoms in total. The van der Waals surface area contributed by atoms with Gasteiger partial charge in [-0.1, -0.05) is 86.3 Å². The fraction of sp³-hybridized carbons (Fsp3) is 0.455. The van der Waals surface area contributed by atoms with Gasteiger partial charge < -0.3 is 4.74 Å².